The van der Waals surface area contributed by atoms with Gasteiger partial charge in [0.25, 0.3) is 0 Å². The number of carboxylic acids is 1. The van der Waals surface area contributed by atoms with E-state index in [1.54, 1.807) is 0 Å². The minimum absolute atomic E-state index is 0.0505. The molecule has 0 rings (SSSR count). The summed E-state index contributed by atoms with van der Waals surface area (Å²) in [7, 11) is 5.54. The molecule has 0 aromatic heterocycles. The topological polar surface area (TPSA) is 99.1 Å². The van der Waals surface area contributed by atoms with Gasteiger partial charge in [0.1, 0.15) is 6.61 Å². The molecule has 0 aliphatic heterocycles. The van der Waals surface area contributed by atoms with E-state index in [4.69, 9.17) is 14.2 Å². The van der Waals surface area contributed by atoms with Crippen LogP contribution in [0.5, 0.6) is 0 Å². The molecule has 8 nitrogen and oxygen atoms in total. The van der Waals surface area contributed by atoms with Crippen LogP contribution in [0.25, 0.3) is 0 Å². The van der Waals surface area contributed by atoms with E-state index in [0.29, 0.717) is 19.3 Å². The molecule has 0 aromatic rings. The molecule has 0 fully saturated rings. The van der Waals surface area contributed by atoms with Gasteiger partial charge in [-0.1, -0.05) is 205 Å². The second kappa shape index (κ2) is 44.4. The Hall–Kier alpha value is -2.19. The summed E-state index contributed by atoms with van der Waals surface area (Å²) in [6, 6.07) is -0.613. The third kappa shape index (κ3) is 42.9. The van der Waals surface area contributed by atoms with Crippen LogP contribution in [0.15, 0.2) is 24.3 Å². The predicted octanol–water partition coefficient (Wildman–Crippen LogP) is 14.8. The Labute approximate surface area is 377 Å². The van der Waals surface area contributed by atoms with Crippen LogP contribution in [0, 0.1) is 0 Å². The molecule has 0 bridgehead atoms. The van der Waals surface area contributed by atoms with Gasteiger partial charge in [0.05, 0.1) is 34.4 Å². The van der Waals surface area contributed by atoms with Crippen molar-refractivity contribution in [2.24, 2.45) is 0 Å². The summed E-state index contributed by atoms with van der Waals surface area (Å²) < 4.78 is 17.3. The minimum Gasteiger partial charge on any atom is -0.477 e. The summed E-state index contributed by atoms with van der Waals surface area (Å²) in [6.45, 7) is 4.76. The van der Waals surface area contributed by atoms with E-state index >= 15 is 0 Å². The second-order valence-electron chi connectivity index (χ2n) is 18.8. The molecule has 0 radical (unpaired) electrons. The maximum Gasteiger partial charge on any atom is 0.362 e. The van der Waals surface area contributed by atoms with Crippen LogP contribution in [0.2, 0.25) is 0 Å². The van der Waals surface area contributed by atoms with Crippen LogP contribution < -0.4 is 0 Å². The lowest BCUT2D eigenvalue weighted by atomic mass is 10.0. The van der Waals surface area contributed by atoms with E-state index in [1.807, 2.05) is 21.1 Å². The van der Waals surface area contributed by atoms with Crippen LogP contribution >= 0.6 is 0 Å². The van der Waals surface area contributed by atoms with E-state index < -0.39 is 18.1 Å². The van der Waals surface area contributed by atoms with Crippen molar-refractivity contribution in [3.63, 3.8) is 0 Å². The van der Waals surface area contributed by atoms with Crippen molar-refractivity contribution >= 4 is 17.9 Å². The van der Waals surface area contributed by atoms with Crippen LogP contribution in [0.3, 0.4) is 0 Å². The number of esters is 2. The van der Waals surface area contributed by atoms with Gasteiger partial charge in [-0.05, 0) is 44.9 Å². The third-order valence-corrected chi connectivity index (χ3v) is 11.9. The Kier molecular flexibility index (Phi) is 42.8. The quantitative estimate of drug-likeness (QED) is 0.0281. The van der Waals surface area contributed by atoms with Crippen LogP contribution in [-0.4, -0.2) is 80.6 Å². The highest BCUT2D eigenvalue weighted by Crippen LogP contribution is 2.16. The first-order valence-corrected chi connectivity index (χ1v) is 25.9. The Bertz CT molecular complexity index is 1050. The van der Waals surface area contributed by atoms with Crippen molar-refractivity contribution in [1.82, 2.24) is 0 Å². The SMILES string of the molecule is CCCCCCCCCCC/C=C/C/C=C/CCCCCCCCCC(=O)OCC(COCCC(C(=O)O)[N+](C)(C)C)OC(=O)CCCCCCCCCCCCCCCC. The standard InChI is InChI=1S/C53H99NO7/c1-6-8-10-12-14-16-18-20-22-23-24-25-26-27-28-29-30-32-33-35-37-39-41-43-51(55)60-48-49(47-59-46-45-50(53(57)58)54(3,4)5)61-52(56)44-42-40-38-36-34-31-21-19-17-15-13-11-9-7-2/h24-25,27-28,49-50H,6-23,26,29-48H2,1-5H3/p+1/b25-24+,28-27+. The molecule has 0 aromatic carbocycles. The lowest BCUT2D eigenvalue weighted by Gasteiger charge is -2.31. The fourth-order valence-corrected chi connectivity index (χ4v) is 7.83. The molecule has 61 heavy (non-hydrogen) atoms. The van der Waals surface area contributed by atoms with Gasteiger partial charge in [-0.2, -0.15) is 0 Å². The summed E-state index contributed by atoms with van der Waals surface area (Å²) in [4.78, 5) is 37.1. The van der Waals surface area contributed by atoms with Crippen molar-refractivity contribution in [2.75, 3.05) is 41.0 Å². The largest absolute Gasteiger partial charge is 0.477 e. The molecule has 0 saturated carbocycles. The molecule has 8 heteroatoms. The maximum absolute atomic E-state index is 12.8. The minimum atomic E-state index is -0.873. The zero-order chi connectivity index (χ0) is 44.9. The van der Waals surface area contributed by atoms with Crippen LogP contribution in [-0.2, 0) is 28.6 Å². The summed E-state index contributed by atoms with van der Waals surface area (Å²) >= 11 is 0. The first-order valence-electron chi connectivity index (χ1n) is 25.9. The number of allylic oxidation sites excluding steroid dienone is 4. The normalized spacial score (nSPS) is 13.0. The number of quaternary nitrogens is 1. The fraction of sp³-hybridized carbons (Fsp3) is 0.868. The molecular formula is C53H100NO7+. The van der Waals surface area contributed by atoms with E-state index in [1.165, 1.54) is 161 Å². The number of rotatable bonds is 47. The Morgan fingerprint density at radius 3 is 1.26 bits per heavy atom. The monoisotopic (exact) mass is 863 g/mol. The van der Waals surface area contributed by atoms with E-state index in [2.05, 4.69) is 38.2 Å². The number of hydrogen-bond donors (Lipinski definition) is 1. The van der Waals surface area contributed by atoms with Gasteiger partial charge in [-0.25, -0.2) is 4.79 Å². The van der Waals surface area contributed by atoms with Gasteiger partial charge in [-0.15, -0.1) is 0 Å². The first kappa shape index (κ1) is 58.8. The van der Waals surface area contributed by atoms with E-state index in [-0.39, 0.29) is 36.2 Å². The molecule has 0 saturated heterocycles. The lowest BCUT2D eigenvalue weighted by Crippen LogP contribution is -2.50. The zero-order valence-electron chi connectivity index (χ0n) is 40.9. The summed E-state index contributed by atoms with van der Waals surface area (Å²) in [5.41, 5.74) is 0. The number of carboxylic acid groups (broad SMARTS) is 1. The molecule has 0 aliphatic carbocycles. The lowest BCUT2D eigenvalue weighted by molar-refractivity contribution is -0.887. The number of nitrogens with zero attached hydrogens (tertiary/aromatic N) is 1. The number of hydrogen-bond acceptors (Lipinski definition) is 6. The molecular weight excluding hydrogens is 763 g/mol. The second-order valence-corrected chi connectivity index (χ2v) is 18.8. The average Bonchev–Trinajstić information content (AvgIpc) is 3.22. The Morgan fingerprint density at radius 2 is 0.869 bits per heavy atom. The van der Waals surface area contributed by atoms with Crippen molar-refractivity contribution in [3.05, 3.63) is 24.3 Å². The number of ether oxygens (including phenoxy) is 3. The summed E-state index contributed by atoms with van der Waals surface area (Å²) in [5, 5.41) is 9.64. The molecule has 358 valence electrons. The number of likely N-dealkylation sites (N-methyl/N-ethyl adjacent to an activating group) is 1. The molecule has 0 amide bonds. The molecule has 0 heterocycles. The van der Waals surface area contributed by atoms with Gasteiger partial charge in [0, 0.05) is 19.3 Å². The van der Waals surface area contributed by atoms with Gasteiger partial charge >= 0.3 is 17.9 Å². The van der Waals surface area contributed by atoms with Crippen molar-refractivity contribution in [2.45, 2.75) is 257 Å². The number of unbranched alkanes of at least 4 members (excludes halogenated alkanes) is 29. The highest BCUT2D eigenvalue weighted by Gasteiger charge is 2.31. The fourth-order valence-electron chi connectivity index (χ4n) is 7.83. The predicted molar refractivity (Wildman–Crippen MR) is 257 cm³/mol. The number of aliphatic carboxylic acids is 1. The van der Waals surface area contributed by atoms with Gasteiger partial charge in [0.2, 0.25) is 0 Å². The third-order valence-electron chi connectivity index (χ3n) is 11.9. The molecule has 1 N–H and O–H groups in total. The molecule has 0 spiro atoms. The Balaban J connectivity index is 4.19. The number of carbonyl (C=O) groups is 3. The van der Waals surface area contributed by atoms with Crippen molar-refractivity contribution in [1.29, 1.82) is 0 Å². The van der Waals surface area contributed by atoms with Crippen LogP contribution in [0.4, 0.5) is 0 Å². The smallest absolute Gasteiger partial charge is 0.362 e. The van der Waals surface area contributed by atoms with Crippen LogP contribution in [0.1, 0.15) is 245 Å². The molecule has 0 aliphatic rings. The van der Waals surface area contributed by atoms with Crippen molar-refractivity contribution < 1.29 is 38.2 Å². The van der Waals surface area contributed by atoms with E-state index in [0.717, 1.165) is 51.4 Å². The van der Waals surface area contributed by atoms with Gasteiger partial charge in [-0.3, -0.25) is 9.59 Å². The molecule has 2 atom stereocenters. The zero-order valence-corrected chi connectivity index (χ0v) is 40.9. The highest BCUT2D eigenvalue weighted by molar-refractivity contribution is 5.72. The van der Waals surface area contributed by atoms with Crippen molar-refractivity contribution in [3.8, 4) is 0 Å². The number of carbonyl (C=O) groups excluding carboxylic acids is 2. The molecule has 2 unspecified atom stereocenters. The summed E-state index contributed by atoms with van der Waals surface area (Å²) in [6.07, 6.45) is 50.8. The average molecular weight is 863 g/mol. The maximum atomic E-state index is 12.8. The van der Waals surface area contributed by atoms with E-state index in [9.17, 15) is 19.5 Å². The summed E-state index contributed by atoms with van der Waals surface area (Å²) in [5.74, 6) is -1.46. The first-order chi connectivity index (χ1) is 29.6. The Morgan fingerprint density at radius 1 is 0.492 bits per heavy atom. The van der Waals surface area contributed by atoms with Gasteiger partial charge in [0.15, 0.2) is 12.1 Å². The van der Waals surface area contributed by atoms with Gasteiger partial charge < -0.3 is 23.8 Å². The highest BCUT2D eigenvalue weighted by atomic mass is 16.6.